The van der Waals surface area contributed by atoms with E-state index in [2.05, 4.69) is 10.0 Å². The number of aryl methyl sites for hydroxylation is 3. The highest BCUT2D eigenvalue weighted by molar-refractivity contribution is 7.92. The van der Waals surface area contributed by atoms with Crippen LogP contribution in [0.25, 0.3) is 0 Å². The second-order valence-corrected chi connectivity index (χ2v) is 13.2. The van der Waals surface area contributed by atoms with Crippen molar-refractivity contribution in [2.45, 2.75) is 37.1 Å². The van der Waals surface area contributed by atoms with E-state index in [0.29, 0.717) is 43.3 Å². The summed E-state index contributed by atoms with van der Waals surface area (Å²) in [6.45, 7) is 6.89. The Hall–Kier alpha value is -3.45. The smallest absolute Gasteiger partial charge is 0.261 e. The average molecular weight is 588 g/mol. The summed E-state index contributed by atoms with van der Waals surface area (Å²) in [5, 5.41) is 2.74. The number of anilines is 1. The van der Waals surface area contributed by atoms with Crippen molar-refractivity contribution in [1.82, 2.24) is 9.62 Å². The van der Waals surface area contributed by atoms with Gasteiger partial charge < -0.3 is 14.8 Å². The molecule has 0 unspecified atom stereocenters. The van der Waals surface area contributed by atoms with Crippen molar-refractivity contribution >= 4 is 31.6 Å². The lowest BCUT2D eigenvalue weighted by atomic mass is 10.1. The van der Waals surface area contributed by atoms with Crippen LogP contribution in [-0.2, 0) is 36.1 Å². The van der Waals surface area contributed by atoms with Crippen LogP contribution in [-0.4, -0.2) is 60.0 Å². The number of benzene rings is 3. The van der Waals surface area contributed by atoms with E-state index >= 15 is 0 Å². The third-order valence-electron chi connectivity index (χ3n) is 6.60. The summed E-state index contributed by atoms with van der Waals surface area (Å²) in [6, 6.07) is 16.1. The first kappa shape index (κ1) is 29.5. The molecule has 214 valence electrons. The predicted octanol–water partition coefficient (Wildman–Crippen LogP) is 3.13. The van der Waals surface area contributed by atoms with Gasteiger partial charge in [0.2, 0.25) is 10.0 Å². The molecule has 4 rings (SSSR count). The van der Waals surface area contributed by atoms with E-state index < -0.39 is 20.0 Å². The van der Waals surface area contributed by atoms with Crippen molar-refractivity contribution in [3.05, 3.63) is 82.9 Å². The summed E-state index contributed by atoms with van der Waals surface area (Å²) in [5.74, 6) is 0.00970. The van der Waals surface area contributed by atoms with Gasteiger partial charge in [-0.05, 0) is 85.5 Å². The molecule has 0 bridgehead atoms. The van der Waals surface area contributed by atoms with Gasteiger partial charge in [0.1, 0.15) is 5.75 Å². The number of sulfonamides is 2. The van der Waals surface area contributed by atoms with Gasteiger partial charge in [0.25, 0.3) is 15.9 Å². The van der Waals surface area contributed by atoms with Crippen LogP contribution in [0.5, 0.6) is 5.75 Å². The molecule has 1 heterocycles. The van der Waals surface area contributed by atoms with Gasteiger partial charge in [0, 0.05) is 25.3 Å². The topological polar surface area (TPSA) is 131 Å². The summed E-state index contributed by atoms with van der Waals surface area (Å²) >= 11 is 0. The first-order valence-electron chi connectivity index (χ1n) is 12.7. The van der Waals surface area contributed by atoms with Crippen molar-refractivity contribution in [3.63, 3.8) is 0 Å². The molecule has 12 heteroatoms. The molecule has 0 aliphatic carbocycles. The fourth-order valence-corrected chi connectivity index (χ4v) is 6.62. The average Bonchev–Trinajstić information content (AvgIpc) is 2.93. The zero-order chi connectivity index (χ0) is 28.9. The van der Waals surface area contributed by atoms with Crippen molar-refractivity contribution in [2.24, 2.45) is 0 Å². The summed E-state index contributed by atoms with van der Waals surface area (Å²) in [7, 11) is -7.38. The van der Waals surface area contributed by atoms with Crippen LogP contribution in [0.15, 0.2) is 70.5 Å². The number of rotatable bonds is 10. The maximum absolute atomic E-state index is 12.8. The summed E-state index contributed by atoms with van der Waals surface area (Å²) in [6.07, 6.45) is 0. The van der Waals surface area contributed by atoms with Crippen LogP contribution in [0.2, 0.25) is 0 Å². The first-order valence-corrected chi connectivity index (χ1v) is 15.6. The van der Waals surface area contributed by atoms with Gasteiger partial charge in [-0.15, -0.1) is 0 Å². The Bertz CT molecular complexity index is 1580. The summed E-state index contributed by atoms with van der Waals surface area (Å²) in [5.41, 5.74) is 3.82. The number of hydrogen-bond donors (Lipinski definition) is 2. The third kappa shape index (κ3) is 7.19. The Kier molecular flexibility index (Phi) is 9.14. The molecule has 0 aromatic heterocycles. The first-order chi connectivity index (χ1) is 19.0. The number of morpholine rings is 1. The highest BCUT2D eigenvalue weighted by atomic mass is 32.2. The fraction of sp³-hybridized carbons (Fsp3) is 0.321. The molecule has 0 saturated carbocycles. The molecule has 10 nitrogen and oxygen atoms in total. The zero-order valence-electron chi connectivity index (χ0n) is 22.6. The van der Waals surface area contributed by atoms with Gasteiger partial charge >= 0.3 is 0 Å². The van der Waals surface area contributed by atoms with E-state index in [0.717, 1.165) is 16.7 Å². The minimum absolute atomic E-state index is 0.0825. The van der Waals surface area contributed by atoms with Gasteiger partial charge in [-0.25, -0.2) is 16.8 Å². The van der Waals surface area contributed by atoms with E-state index in [1.54, 1.807) is 31.2 Å². The second kappa shape index (κ2) is 12.4. The van der Waals surface area contributed by atoms with E-state index in [1.165, 1.54) is 34.6 Å². The van der Waals surface area contributed by atoms with Crippen LogP contribution >= 0.6 is 0 Å². The molecular formula is C28H33N3O7S2. The van der Waals surface area contributed by atoms with Gasteiger partial charge in [-0.3, -0.25) is 9.52 Å². The van der Waals surface area contributed by atoms with E-state index in [9.17, 15) is 21.6 Å². The lowest BCUT2D eigenvalue weighted by Crippen LogP contribution is -2.40. The number of nitrogens with one attached hydrogen (secondary N) is 2. The fourth-order valence-electron chi connectivity index (χ4n) is 4.08. The Balaban J connectivity index is 1.29. The Morgan fingerprint density at radius 1 is 0.850 bits per heavy atom. The van der Waals surface area contributed by atoms with Crippen molar-refractivity contribution in [3.8, 4) is 5.75 Å². The highest BCUT2D eigenvalue weighted by Gasteiger charge is 2.26. The molecule has 3 aromatic carbocycles. The van der Waals surface area contributed by atoms with E-state index in [4.69, 9.17) is 9.47 Å². The molecule has 0 spiro atoms. The second-order valence-electron chi connectivity index (χ2n) is 9.56. The zero-order valence-corrected chi connectivity index (χ0v) is 24.3. The number of hydrogen-bond acceptors (Lipinski definition) is 7. The third-order valence-corrected chi connectivity index (χ3v) is 9.89. The normalized spacial score (nSPS) is 14.5. The number of carbonyl (C=O) groups is 1. The van der Waals surface area contributed by atoms with Gasteiger partial charge in [0.05, 0.1) is 23.0 Å². The number of nitrogens with zero attached hydrogens (tertiary/aromatic N) is 1. The molecule has 1 fully saturated rings. The Morgan fingerprint density at radius 3 is 2.17 bits per heavy atom. The minimum atomic E-state index is -3.80. The van der Waals surface area contributed by atoms with Crippen LogP contribution in [0.1, 0.15) is 22.3 Å². The van der Waals surface area contributed by atoms with E-state index in [-0.39, 0.29) is 28.8 Å². The van der Waals surface area contributed by atoms with Crippen LogP contribution in [0.3, 0.4) is 0 Å². The molecule has 1 aliphatic rings. The highest BCUT2D eigenvalue weighted by Crippen LogP contribution is 2.24. The van der Waals surface area contributed by atoms with Crippen molar-refractivity contribution in [1.29, 1.82) is 0 Å². The number of ether oxygens (including phenoxy) is 2. The maximum atomic E-state index is 12.8. The van der Waals surface area contributed by atoms with Crippen LogP contribution in [0, 0.1) is 20.8 Å². The molecule has 0 atom stereocenters. The molecular weight excluding hydrogens is 554 g/mol. The van der Waals surface area contributed by atoms with E-state index in [1.807, 2.05) is 19.9 Å². The molecule has 40 heavy (non-hydrogen) atoms. The SMILES string of the molecule is Cc1ccc(NS(=O)(=O)c2ccc(OCC(=O)NCc3ccc(S(=O)(=O)N4CCOCC4)cc3)c(C)c2)cc1C. The van der Waals surface area contributed by atoms with Crippen molar-refractivity contribution in [2.75, 3.05) is 37.6 Å². The lowest BCUT2D eigenvalue weighted by molar-refractivity contribution is -0.123. The van der Waals surface area contributed by atoms with Gasteiger partial charge in [-0.1, -0.05) is 18.2 Å². The number of amides is 1. The van der Waals surface area contributed by atoms with Gasteiger partial charge in [-0.2, -0.15) is 4.31 Å². The van der Waals surface area contributed by atoms with Crippen LogP contribution in [0.4, 0.5) is 5.69 Å². The molecule has 0 radical (unpaired) electrons. The van der Waals surface area contributed by atoms with Crippen molar-refractivity contribution < 1.29 is 31.1 Å². The minimum Gasteiger partial charge on any atom is -0.484 e. The van der Waals surface area contributed by atoms with Crippen LogP contribution < -0.4 is 14.8 Å². The molecule has 1 saturated heterocycles. The number of carbonyl (C=O) groups excluding carboxylic acids is 1. The summed E-state index contributed by atoms with van der Waals surface area (Å²) in [4.78, 5) is 12.6. The Labute approximate surface area is 235 Å². The molecule has 2 N–H and O–H groups in total. The molecule has 1 amide bonds. The Morgan fingerprint density at radius 2 is 1.52 bits per heavy atom. The quantitative estimate of drug-likeness (QED) is 0.373. The predicted molar refractivity (Wildman–Crippen MR) is 151 cm³/mol. The molecule has 3 aromatic rings. The lowest BCUT2D eigenvalue weighted by Gasteiger charge is -2.26. The summed E-state index contributed by atoms with van der Waals surface area (Å²) < 4.78 is 66.0. The molecule has 1 aliphatic heterocycles. The maximum Gasteiger partial charge on any atom is 0.261 e. The monoisotopic (exact) mass is 587 g/mol. The van der Waals surface area contributed by atoms with Gasteiger partial charge in [0.15, 0.2) is 6.61 Å². The standard InChI is InChI=1S/C28H33N3O7S2/c1-20-4-7-24(16-21(20)2)30-39(33,34)26-10-11-27(22(3)17-26)38-19-28(32)29-18-23-5-8-25(9-6-23)40(35,36)31-12-14-37-15-13-31/h4-11,16-17,30H,12-15,18-19H2,1-3H3,(H,29,32). The largest absolute Gasteiger partial charge is 0.484 e.